The summed E-state index contributed by atoms with van der Waals surface area (Å²) in [6.45, 7) is 10.5. The van der Waals surface area contributed by atoms with Crippen LogP contribution >= 0.6 is 12.4 Å². The first-order valence-electron chi connectivity index (χ1n) is 8.77. The summed E-state index contributed by atoms with van der Waals surface area (Å²) in [6, 6.07) is 3.52. The van der Waals surface area contributed by atoms with Crippen molar-refractivity contribution in [3.05, 3.63) is 17.7 Å². The van der Waals surface area contributed by atoms with Crippen LogP contribution in [0.1, 0.15) is 37.6 Å². The second-order valence-corrected chi connectivity index (χ2v) is 5.50. The van der Waals surface area contributed by atoms with E-state index in [0.29, 0.717) is 49.2 Å². The smallest absolute Gasteiger partial charge is 0.254 e. The monoisotopic (exact) mass is 372 g/mol. The lowest BCUT2D eigenvalue weighted by Gasteiger charge is -2.22. The van der Waals surface area contributed by atoms with Crippen LogP contribution in [-0.4, -0.2) is 56.8 Å². The Morgan fingerprint density at radius 2 is 1.60 bits per heavy atom. The lowest BCUT2D eigenvalue weighted by Crippen LogP contribution is -2.34. The summed E-state index contributed by atoms with van der Waals surface area (Å²) in [5.41, 5.74) is 0.576. The molecule has 1 aliphatic rings. The van der Waals surface area contributed by atoms with E-state index in [1.54, 1.807) is 12.1 Å². The van der Waals surface area contributed by atoms with Crippen LogP contribution in [0.4, 0.5) is 0 Å². The summed E-state index contributed by atoms with van der Waals surface area (Å²) in [4.78, 5) is 14.8. The Labute approximate surface area is 156 Å². The van der Waals surface area contributed by atoms with Gasteiger partial charge in [-0.15, -0.1) is 12.4 Å². The number of carbonyl (C=O) groups excluding carboxylic acids is 1. The van der Waals surface area contributed by atoms with Crippen LogP contribution in [0, 0.1) is 0 Å². The molecule has 7 heteroatoms. The fourth-order valence-electron chi connectivity index (χ4n) is 2.74. The lowest BCUT2D eigenvalue weighted by atomic mass is 10.1. The normalized spacial score (nSPS) is 14.3. The number of halogens is 1. The number of nitrogens with one attached hydrogen (secondary N) is 1. The summed E-state index contributed by atoms with van der Waals surface area (Å²) in [5, 5.41) is 3.31. The van der Waals surface area contributed by atoms with Crippen LogP contribution in [0.15, 0.2) is 12.1 Å². The second-order valence-electron chi connectivity index (χ2n) is 5.50. The molecular weight excluding hydrogens is 344 g/mol. The van der Waals surface area contributed by atoms with E-state index >= 15 is 0 Å². The van der Waals surface area contributed by atoms with Crippen molar-refractivity contribution in [2.24, 2.45) is 0 Å². The number of nitrogens with zero attached hydrogens (tertiary/aromatic N) is 1. The van der Waals surface area contributed by atoms with E-state index in [4.69, 9.17) is 14.2 Å². The second kappa shape index (κ2) is 11.1. The minimum absolute atomic E-state index is 0. The van der Waals surface area contributed by atoms with Gasteiger partial charge in [0, 0.05) is 25.2 Å². The number of amides is 1. The first-order chi connectivity index (χ1) is 11.7. The molecule has 1 fully saturated rings. The average Bonchev–Trinajstić information content (AvgIpc) is 2.86. The molecule has 1 aliphatic heterocycles. The van der Waals surface area contributed by atoms with Gasteiger partial charge in [0.25, 0.3) is 5.91 Å². The summed E-state index contributed by atoms with van der Waals surface area (Å²) < 4.78 is 17.1. The molecule has 0 spiro atoms. The Balaban J connectivity index is 0.00000312. The Morgan fingerprint density at radius 3 is 2.16 bits per heavy atom. The Hall–Kier alpha value is -1.66. The first kappa shape index (κ1) is 21.4. The maximum absolute atomic E-state index is 12.9. The maximum Gasteiger partial charge on any atom is 0.254 e. The molecule has 1 N–H and O–H groups in total. The number of ether oxygens (including phenoxy) is 3. The number of benzene rings is 1. The molecule has 1 aromatic carbocycles. The fourth-order valence-corrected chi connectivity index (χ4v) is 2.74. The van der Waals surface area contributed by atoms with E-state index < -0.39 is 0 Å². The molecule has 142 valence electrons. The largest absolute Gasteiger partial charge is 0.490 e. The molecule has 2 rings (SSSR count). The van der Waals surface area contributed by atoms with Gasteiger partial charge in [-0.05, 0) is 45.9 Å². The minimum atomic E-state index is 0. The zero-order valence-corrected chi connectivity index (χ0v) is 16.1. The number of hydrogen-bond acceptors (Lipinski definition) is 5. The summed E-state index contributed by atoms with van der Waals surface area (Å²) in [5.74, 6) is 1.68. The molecule has 6 nitrogen and oxygen atoms in total. The van der Waals surface area contributed by atoms with Gasteiger partial charge in [-0.1, -0.05) is 0 Å². The Bertz CT molecular complexity index is 519. The third-order valence-electron chi connectivity index (χ3n) is 3.78. The molecule has 0 atom stereocenters. The van der Waals surface area contributed by atoms with Crippen molar-refractivity contribution in [2.75, 3.05) is 46.0 Å². The summed E-state index contributed by atoms with van der Waals surface area (Å²) >= 11 is 0. The van der Waals surface area contributed by atoms with Gasteiger partial charge in [0.15, 0.2) is 11.5 Å². The maximum atomic E-state index is 12.9. The van der Waals surface area contributed by atoms with Crippen LogP contribution < -0.4 is 19.5 Å². The van der Waals surface area contributed by atoms with Crippen LogP contribution in [0.2, 0.25) is 0 Å². The highest BCUT2D eigenvalue weighted by molar-refractivity contribution is 5.95. The van der Waals surface area contributed by atoms with Gasteiger partial charge in [-0.25, -0.2) is 0 Å². The van der Waals surface area contributed by atoms with Gasteiger partial charge < -0.3 is 24.4 Å². The molecule has 0 unspecified atom stereocenters. The van der Waals surface area contributed by atoms with Gasteiger partial charge in [0.1, 0.15) is 0 Å². The fraction of sp³-hybridized carbons (Fsp3) is 0.611. The number of carbonyl (C=O) groups is 1. The molecule has 1 aromatic rings. The van der Waals surface area contributed by atoms with Gasteiger partial charge in [-0.3, -0.25) is 4.79 Å². The van der Waals surface area contributed by atoms with E-state index in [2.05, 4.69) is 5.32 Å². The van der Waals surface area contributed by atoms with E-state index in [1.807, 2.05) is 25.7 Å². The molecule has 1 amide bonds. The molecule has 0 aliphatic carbocycles. The zero-order chi connectivity index (χ0) is 17.4. The van der Waals surface area contributed by atoms with Gasteiger partial charge in [0.2, 0.25) is 5.75 Å². The van der Waals surface area contributed by atoms with E-state index in [0.717, 1.165) is 26.1 Å². The quantitative estimate of drug-likeness (QED) is 0.797. The third kappa shape index (κ3) is 5.68. The predicted molar refractivity (Wildman–Crippen MR) is 101 cm³/mol. The van der Waals surface area contributed by atoms with Gasteiger partial charge >= 0.3 is 0 Å². The Kier molecular flexibility index (Phi) is 9.45. The summed E-state index contributed by atoms with van der Waals surface area (Å²) in [7, 11) is 0. The van der Waals surface area contributed by atoms with Gasteiger partial charge in [0.05, 0.1) is 19.8 Å². The molecule has 25 heavy (non-hydrogen) atoms. The topological polar surface area (TPSA) is 60.0 Å². The minimum Gasteiger partial charge on any atom is -0.490 e. The number of rotatable bonds is 7. The standard InChI is InChI=1S/C18H28N2O4.ClH/c1-4-22-15-12-14(13-16(23-5-2)17(15)24-6-3)18(21)20-10-7-8-19-9-11-20;/h12-13,19H,4-11H2,1-3H3;1H. The molecular formula is C18H29ClN2O4. The highest BCUT2D eigenvalue weighted by Crippen LogP contribution is 2.39. The van der Waals surface area contributed by atoms with Crippen molar-refractivity contribution < 1.29 is 19.0 Å². The van der Waals surface area contributed by atoms with Crippen LogP contribution in [0.25, 0.3) is 0 Å². The lowest BCUT2D eigenvalue weighted by molar-refractivity contribution is 0.0765. The molecule has 1 heterocycles. The van der Waals surface area contributed by atoms with Crippen molar-refractivity contribution in [3.8, 4) is 17.2 Å². The summed E-state index contributed by atoms with van der Waals surface area (Å²) in [6.07, 6.45) is 0.958. The zero-order valence-electron chi connectivity index (χ0n) is 15.3. The highest BCUT2D eigenvalue weighted by atomic mass is 35.5. The van der Waals surface area contributed by atoms with Crippen molar-refractivity contribution >= 4 is 18.3 Å². The molecule has 1 saturated heterocycles. The molecule has 0 aromatic heterocycles. The van der Waals surface area contributed by atoms with Crippen LogP contribution in [0.3, 0.4) is 0 Å². The van der Waals surface area contributed by atoms with E-state index in [1.165, 1.54) is 0 Å². The van der Waals surface area contributed by atoms with Crippen molar-refractivity contribution in [3.63, 3.8) is 0 Å². The molecule has 0 saturated carbocycles. The SMILES string of the molecule is CCOc1cc(C(=O)N2CCCNCC2)cc(OCC)c1OCC.Cl. The molecule has 0 radical (unpaired) electrons. The average molecular weight is 373 g/mol. The van der Waals surface area contributed by atoms with Crippen molar-refractivity contribution in [1.82, 2.24) is 10.2 Å². The number of hydrogen-bond donors (Lipinski definition) is 1. The van der Waals surface area contributed by atoms with Crippen molar-refractivity contribution in [1.29, 1.82) is 0 Å². The van der Waals surface area contributed by atoms with E-state index in [9.17, 15) is 4.79 Å². The first-order valence-corrected chi connectivity index (χ1v) is 8.77. The highest BCUT2D eigenvalue weighted by Gasteiger charge is 2.22. The van der Waals surface area contributed by atoms with Crippen LogP contribution in [0.5, 0.6) is 17.2 Å². The van der Waals surface area contributed by atoms with Crippen LogP contribution in [-0.2, 0) is 0 Å². The van der Waals surface area contributed by atoms with E-state index in [-0.39, 0.29) is 18.3 Å². The van der Waals surface area contributed by atoms with Gasteiger partial charge in [-0.2, -0.15) is 0 Å². The molecule has 0 bridgehead atoms. The predicted octanol–water partition coefficient (Wildman–Crippen LogP) is 2.74. The Morgan fingerprint density at radius 1 is 1.00 bits per heavy atom. The van der Waals surface area contributed by atoms with Crippen molar-refractivity contribution in [2.45, 2.75) is 27.2 Å². The third-order valence-corrected chi connectivity index (χ3v) is 3.78.